The quantitative estimate of drug-likeness (QED) is 0.734. The van der Waals surface area contributed by atoms with Gasteiger partial charge in [0.15, 0.2) is 0 Å². The third-order valence-electron chi connectivity index (χ3n) is 2.46. The second-order valence-corrected chi connectivity index (χ2v) is 4.35. The minimum Gasteiger partial charge on any atom is -0.493 e. The number of ether oxygens (including phenoxy) is 2. The summed E-state index contributed by atoms with van der Waals surface area (Å²) in [7, 11) is 0. The molecule has 0 aliphatic carbocycles. The number of hydrogen-bond donors (Lipinski definition) is 0. The van der Waals surface area contributed by atoms with E-state index in [4.69, 9.17) is 21.1 Å². The lowest BCUT2D eigenvalue weighted by molar-refractivity contribution is 0.247. The van der Waals surface area contributed by atoms with E-state index < -0.39 is 5.82 Å². The van der Waals surface area contributed by atoms with Crippen molar-refractivity contribution in [2.45, 2.75) is 6.42 Å². The zero-order chi connectivity index (χ0) is 13.5. The molecule has 100 valence electrons. The van der Waals surface area contributed by atoms with E-state index in [1.165, 1.54) is 12.1 Å². The summed E-state index contributed by atoms with van der Waals surface area (Å²) >= 11 is 5.58. The van der Waals surface area contributed by atoms with Crippen LogP contribution in [0.25, 0.3) is 0 Å². The van der Waals surface area contributed by atoms with Gasteiger partial charge >= 0.3 is 0 Å². The van der Waals surface area contributed by atoms with Crippen LogP contribution in [0.4, 0.5) is 4.39 Å². The molecule has 2 rings (SSSR count). The van der Waals surface area contributed by atoms with Gasteiger partial charge in [0.05, 0.1) is 18.2 Å². The first-order valence-electron chi connectivity index (χ1n) is 6.01. The lowest BCUT2D eigenvalue weighted by atomic mass is 10.3. The van der Waals surface area contributed by atoms with Crippen molar-refractivity contribution in [2.24, 2.45) is 0 Å². The Kier molecular flexibility index (Phi) is 5.04. The van der Waals surface area contributed by atoms with Gasteiger partial charge in [0.2, 0.25) is 0 Å². The van der Waals surface area contributed by atoms with E-state index in [2.05, 4.69) is 0 Å². The zero-order valence-corrected chi connectivity index (χ0v) is 11.1. The SMILES string of the molecule is Fc1cc(OCCCOc2ccccc2)ccc1Cl. The molecule has 0 aliphatic heterocycles. The molecule has 19 heavy (non-hydrogen) atoms. The summed E-state index contributed by atoms with van der Waals surface area (Å²) in [6.45, 7) is 1.02. The summed E-state index contributed by atoms with van der Waals surface area (Å²) in [5.74, 6) is 0.835. The lowest BCUT2D eigenvalue weighted by Crippen LogP contribution is -2.05. The summed E-state index contributed by atoms with van der Waals surface area (Å²) in [6.07, 6.45) is 0.721. The fourth-order valence-electron chi connectivity index (χ4n) is 1.52. The number of halogens is 2. The summed E-state index contributed by atoms with van der Waals surface area (Å²) in [6, 6.07) is 14.0. The number of rotatable bonds is 6. The maximum absolute atomic E-state index is 13.1. The van der Waals surface area contributed by atoms with Gasteiger partial charge < -0.3 is 9.47 Å². The minimum absolute atomic E-state index is 0.0970. The standard InChI is InChI=1S/C15H14ClFO2/c16-14-8-7-13(11-15(14)17)19-10-4-9-18-12-5-2-1-3-6-12/h1-3,5-8,11H,4,9-10H2. The molecular formula is C15H14ClFO2. The Morgan fingerprint density at radius 1 is 0.895 bits per heavy atom. The molecule has 0 bridgehead atoms. The highest BCUT2D eigenvalue weighted by Gasteiger charge is 2.01. The van der Waals surface area contributed by atoms with E-state index in [9.17, 15) is 4.39 Å². The van der Waals surface area contributed by atoms with E-state index in [1.807, 2.05) is 30.3 Å². The second-order valence-electron chi connectivity index (χ2n) is 3.94. The first-order chi connectivity index (χ1) is 9.25. The first-order valence-corrected chi connectivity index (χ1v) is 6.39. The smallest absolute Gasteiger partial charge is 0.145 e. The van der Waals surface area contributed by atoms with E-state index in [1.54, 1.807) is 6.07 Å². The fraction of sp³-hybridized carbons (Fsp3) is 0.200. The van der Waals surface area contributed by atoms with Gasteiger partial charge in [0, 0.05) is 12.5 Å². The van der Waals surface area contributed by atoms with Crippen molar-refractivity contribution in [2.75, 3.05) is 13.2 Å². The predicted molar refractivity (Wildman–Crippen MR) is 73.5 cm³/mol. The van der Waals surface area contributed by atoms with Crippen LogP contribution in [0.2, 0.25) is 5.02 Å². The third kappa shape index (κ3) is 4.45. The molecular weight excluding hydrogens is 267 g/mol. The number of benzene rings is 2. The van der Waals surface area contributed by atoms with Crippen LogP contribution in [0.15, 0.2) is 48.5 Å². The third-order valence-corrected chi connectivity index (χ3v) is 2.77. The summed E-state index contributed by atoms with van der Waals surface area (Å²) in [5.41, 5.74) is 0. The first kappa shape index (κ1) is 13.7. The highest BCUT2D eigenvalue weighted by atomic mass is 35.5. The molecule has 2 aromatic carbocycles. The molecule has 0 spiro atoms. The molecule has 0 aromatic heterocycles. The van der Waals surface area contributed by atoms with Crippen LogP contribution in [0.5, 0.6) is 11.5 Å². The molecule has 0 unspecified atom stereocenters. The van der Waals surface area contributed by atoms with Crippen molar-refractivity contribution in [1.82, 2.24) is 0 Å². The van der Waals surface area contributed by atoms with Crippen molar-refractivity contribution in [1.29, 1.82) is 0 Å². The van der Waals surface area contributed by atoms with Crippen molar-refractivity contribution in [3.63, 3.8) is 0 Å². The highest BCUT2D eigenvalue weighted by Crippen LogP contribution is 2.20. The van der Waals surface area contributed by atoms with Gasteiger partial charge in [0.1, 0.15) is 17.3 Å². The number of para-hydroxylation sites is 1. The van der Waals surface area contributed by atoms with Gasteiger partial charge in [-0.1, -0.05) is 29.8 Å². The van der Waals surface area contributed by atoms with Crippen LogP contribution in [-0.2, 0) is 0 Å². The van der Waals surface area contributed by atoms with Crippen molar-refractivity contribution >= 4 is 11.6 Å². The maximum Gasteiger partial charge on any atom is 0.145 e. The monoisotopic (exact) mass is 280 g/mol. The Labute approximate surface area is 116 Å². The predicted octanol–water partition coefficient (Wildman–Crippen LogP) is 4.33. The van der Waals surface area contributed by atoms with Crippen LogP contribution in [0, 0.1) is 5.82 Å². The van der Waals surface area contributed by atoms with E-state index >= 15 is 0 Å². The number of hydrogen-bond acceptors (Lipinski definition) is 2. The lowest BCUT2D eigenvalue weighted by Gasteiger charge is -2.08. The summed E-state index contributed by atoms with van der Waals surface area (Å²) < 4.78 is 24.1. The Hall–Kier alpha value is -1.74. The van der Waals surface area contributed by atoms with Crippen LogP contribution in [0.1, 0.15) is 6.42 Å². The van der Waals surface area contributed by atoms with Gasteiger partial charge in [-0.25, -0.2) is 4.39 Å². The molecule has 0 radical (unpaired) electrons. The molecule has 0 saturated carbocycles. The molecule has 0 amide bonds. The average molecular weight is 281 g/mol. The van der Waals surface area contributed by atoms with Gasteiger partial charge in [-0.05, 0) is 24.3 Å². The van der Waals surface area contributed by atoms with Crippen LogP contribution in [0.3, 0.4) is 0 Å². The molecule has 0 aliphatic rings. The van der Waals surface area contributed by atoms with E-state index in [0.717, 1.165) is 12.2 Å². The molecule has 0 N–H and O–H groups in total. The maximum atomic E-state index is 13.1. The second kappa shape index (κ2) is 7.00. The Morgan fingerprint density at radius 3 is 2.26 bits per heavy atom. The largest absolute Gasteiger partial charge is 0.493 e. The van der Waals surface area contributed by atoms with Gasteiger partial charge in [0.25, 0.3) is 0 Å². The van der Waals surface area contributed by atoms with Gasteiger partial charge in [-0.15, -0.1) is 0 Å². The summed E-state index contributed by atoms with van der Waals surface area (Å²) in [5, 5.41) is 0.0970. The molecule has 0 atom stereocenters. The molecule has 2 aromatic rings. The topological polar surface area (TPSA) is 18.5 Å². The van der Waals surface area contributed by atoms with Crippen molar-refractivity contribution in [3.05, 3.63) is 59.4 Å². The van der Waals surface area contributed by atoms with Crippen molar-refractivity contribution in [3.8, 4) is 11.5 Å². The van der Waals surface area contributed by atoms with E-state index in [0.29, 0.717) is 19.0 Å². The average Bonchev–Trinajstić information content (AvgIpc) is 2.43. The Morgan fingerprint density at radius 2 is 1.58 bits per heavy atom. The highest BCUT2D eigenvalue weighted by molar-refractivity contribution is 6.30. The molecule has 4 heteroatoms. The molecule has 2 nitrogen and oxygen atoms in total. The Bertz CT molecular complexity index is 517. The van der Waals surface area contributed by atoms with Gasteiger partial charge in [-0.2, -0.15) is 0 Å². The van der Waals surface area contributed by atoms with Crippen LogP contribution >= 0.6 is 11.6 Å². The minimum atomic E-state index is -0.472. The fourth-order valence-corrected chi connectivity index (χ4v) is 1.64. The Balaban J connectivity index is 1.68. The summed E-state index contributed by atoms with van der Waals surface area (Å²) in [4.78, 5) is 0. The van der Waals surface area contributed by atoms with Crippen molar-refractivity contribution < 1.29 is 13.9 Å². The van der Waals surface area contributed by atoms with Crippen LogP contribution in [-0.4, -0.2) is 13.2 Å². The molecule has 0 saturated heterocycles. The molecule has 0 heterocycles. The van der Waals surface area contributed by atoms with E-state index in [-0.39, 0.29) is 5.02 Å². The van der Waals surface area contributed by atoms with Gasteiger partial charge in [-0.3, -0.25) is 0 Å². The molecule has 0 fully saturated rings. The normalized spacial score (nSPS) is 10.2. The van der Waals surface area contributed by atoms with Crippen LogP contribution < -0.4 is 9.47 Å². The zero-order valence-electron chi connectivity index (χ0n) is 10.3.